The molecule has 0 aliphatic carbocycles. The van der Waals surface area contributed by atoms with Crippen LogP contribution in [-0.4, -0.2) is 19.4 Å². The number of nitrogens with one attached hydrogen (secondary N) is 2. The van der Waals surface area contributed by atoms with Crippen LogP contribution in [0.2, 0.25) is 0 Å². The maximum Gasteiger partial charge on any atom is 0.240 e. The lowest BCUT2D eigenvalue weighted by molar-refractivity contribution is -0.114. The molecule has 0 radical (unpaired) electrons. The van der Waals surface area contributed by atoms with E-state index in [1.54, 1.807) is 12.1 Å². The maximum absolute atomic E-state index is 12.4. The minimum absolute atomic E-state index is 0.118. The first-order valence-electron chi connectivity index (χ1n) is 8.02. The van der Waals surface area contributed by atoms with Crippen molar-refractivity contribution in [2.75, 3.05) is 5.32 Å². The summed E-state index contributed by atoms with van der Waals surface area (Å²) in [6.45, 7) is 1.52. The number of amides is 1. The molecule has 1 amide bonds. The molecule has 3 aromatic rings. The van der Waals surface area contributed by atoms with Gasteiger partial charge in [-0.15, -0.1) is 22.7 Å². The number of thiophene rings is 2. The summed E-state index contributed by atoms with van der Waals surface area (Å²) < 4.78 is 27.4. The summed E-state index contributed by atoms with van der Waals surface area (Å²) >= 11 is 2.84. The molecule has 3 rings (SSSR count). The highest BCUT2D eigenvalue weighted by Gasteiger charge is 2.17. The third-order valence-corrected chi connectivity index (χ3v) is 7.17. The minimum Gasteiger partial charge on any atom is -0.382 e. The highest BCUT2D eigenvalue weighted by molar-refractivity contribution is 7.89. The van der Waals surface area contributed by atoms with E-state index >= 15 is 0 Å². The van der Waals surface area contributed by atoms with Crippen LogP contribution >= 0.6 is 22.7 Å². The van der Waals surface area contributed by atoms with E-state index in [1.165, 1.54) is 53.9 Å². The van der Waals surface area contributed by atoms with E-state index in [-0.39, 0.29) is 17.3 Å². The summed E-state index contributed by atoms with van der Waals surface area (Å²) in [7, 11) is -3.67. The first-order valence-corrected chi connectivity index (χ1v) is 11.2. The van der Waals surface area contributed by atoms with Crippen molar-refractivity contribution in [2.24, 2.45) is 0 Å². The molecular weight excluding hydrogens is 404 g/mol. The van der Waals surface area contributed by atoms with Crippen LogP contribution in [0.15, 0.2) is 58.8 Å². The van der Waals surface area contributed by atoms with Crippen LogP contribution < -0.4 is 10.0 Å². The van der Waals surface area contributed by atoms with E-state index < -0.39 is 16.1 Å². The number of aliphatic hydroxyl groups excluding tert-OH is 1. The second-order valence-electron chi connectivity index (χ2n) is 5.75. The topological polar surface area (TPSA) is 95.5 Å². The smallest absolute Gasteiger partial charge is 0.240 e. The number of sulfonamides is 1. The molecule has 1 aromatic carbocycles. The number of benzene rings is 1. The van der Waals surface area contributed by atoms with Gasteiger partial charge in [-0.25, -0.2) is 13.1 Å². The van der Waals surface area contributed by atoms with Crippen molar-refractivity contribution in [3.05, 3.63) is 68.5 Å². The standard InChI is InChI=1S/C18H18N2O4S3/c1-12(21)20-13-4-7-15(8-5-13)27(23,24)19-11-14-6-9-17(26-14)18(22)16-3-2-10-25-16/h2-10,18-19,22H,11H2,1H3,(H,20,21). The van der Waals surface area contributed by atoms with Crippen molar-refractivity contribution in [3.8, 4) is 0 Å². The number of hydrogen-bond donors (Lipinski definition) is 3. The molecule has 0 aliphatic heterocycles. The first-order chi connectivity index (χ1) is 12.8. The number of carbonyl (C=O) groups excluding carboxylic acids is 1. The van der Waals surface area contributed by atoms with Gasteiger partial charge in [-0.2, -0.15) is 0 Å². The van der Waals surface area contributed by atoms with E-state index in [1.807, 2.05) is 17.5 Å². The highest BCUT2D eigenvalue weighted by Crippen LogP contribution is 2.31. The average molecular weight is 423 g/mol. The second kappa shape index (κ2) is 8.32. The fourth-order valence-corrected chi connectivity index (χ4v) is 5.25. The van der Waals surface area contributed by atoms with Gasteiger partial charge in [0.2, 0.25) is 15.9 Å². The summed E-state index contributed by atoms with van der Waals surface area (Å²) in [4.78, 5) is 13.6. The van der Waals surface area contributed by atoms with Crippen LogP contribution in [0.1, 0.15) is 27.7 Å². The van der Waals surface area contributed by atoms with Gasteiger partial charge in [0, 0.05) is 33.8 Å². The Bertz CT molecular complexity index is 1010. The molecule has 0 saturated carbocycles. The Morgan fingerprint density at radius 3 is 2.48 bits per heavy atom. The average Bonchev–Trinajstić information content (AvgIpc) is 3.31. The Morgan fingerprint density at radius 2 is 1.85 bits per heavy atom. The molecule has 3 N–H and O–H groups in total. The fourth-order valence-electron chi connectivity index (χ4n) is 2.39. The number of aliphatic hydroxyl groups is 1. The Labute approximate surface area is 165 Å². The SMILES string of the molecule is CC(=O)Nc1ccc(S(=O)(=O)NCc2ccc(C(O)c3cccs3)s2)cc1. The van der Waals surface area contributed by atoms with Gasteiger partial charge in [0.15, 0.2) is 0 Å². The lowest BCUT2D eigenvalue weighted by atomic mass is 10.2. The third-order valence-electron chi connectivity index (χ3n) is 3.69. The fraction of sp³-hybridized carbons (Fsp3) is 0.167. The van der Waals surface area contributed by atoms with Gasteiger partial charge in [-0.1, -0.05) is 6.07 Å². The number of hydrogen-bond acceptors (Lipinski definition) is 6. The molecule has 0 fully saturated rings. The largest absolute Gasteiger partial charge is 0.382 e. The van der Waals surface area contributed by atoms with Crippen LogP contribution in [0, 0.1) is 0 Å². The molecule has 0 aliphatic rings. The molecule has 2 heterocycles. The molecular formula is C18H18N2O4S3. The van der Waals surface area contributed by atoms with Gasteiger partial charge in [0.1, 0.15) is 6.10 Å². The molecule has 2 aromatic heterocycles. The lowest BCUT2D eigenvalue weighted by Gasteiger charge is -2.07. The Kier molecular flexibility index (Phi) is 6.08. The summed E-state index contributed by atoms with van der Waals surface area (Å²) in [5.41, 5.74) is 0.534. The van der Waals surface area contributed by atoms with Gasteiger partial charge in [-0.05, 0) is 47.8 Å². The van der Waals surface area contributed by atoms with Gasteiger partial charge in [0.25, 0.3) is 0 Å². The van der Waals surface area contributed by atoms with Crippen LogP contribution in [0.5, 0.6) is 0 Å². The van der Waals surface area contributed by atoms with E-state index in [4.69, 9.17) is 0 Å². The molecule has 0 saturated heterocycles. The van der Waals surface area contributed by atoms with Crippen molar-refractivity contribution in [3.63, 3.8) is 0 Å². The summed E-state index contributed by atoms with van der Waals surface area (Å²) in [6, 6.07) is 13.3. The molecule has 1 atom stereocenters. The van der Waals surface area contributed by atoms with E-state index in [2.05, 4.69) is 10.0 Å². The highest BCUT2D eigenvalue weighted by atomic mass is 32.2. The van der Waals surface area contributed by atoms with E-state index in [0.717, 1.165) is 14.6 Å². The second-order valence-corrected chi connectivity index (χ2v) is 9.70. The van der Waals surface area contributed by atoms with E-state index in [0.29, 0.717) is 5.69 Å². The number of anilines is 1. The summed E-state index contributed by atoms with van der Waals surface area (Å²) in [6.07, 6.45) is -0.693. The van der Waals surface area contributed by atoms with Crippen molar-refractivity contribution in [1.82, 2.24) is 4.72 Å². The predicted octanol–water partition coefficient (Wildman–Crippen LogP) is 3.33. The van der Waals surface area contributed by atoms with E-state index in [9.17, 15) is 18.3 Å². The Balaban J connectivity index is 1.64. The zero-order valence-corrected chi connectivity index (χ0v) is 16.8. The zero-order chi connectivity index (χ0) is 19.4. The molecule has 0 bridgehead atoms. The maximum atomic E-state index is 12.4. The molecule has 0 spiro atoms. The van der Waals surface area contributed by atoms with Crippen LogP contribution in [0.3, 0.4) is 0 Å². The van der Waals surface area contributed by atoms with Crippen molar-refractivity contribution in [1.29, 1.82) is 0 Å². The monoisotopic (exact) mass is 422 g/mol. The van der Waals surface area contributed by atoms with Gasteiger partial charge in [0.05, 0.1) is 4.90 Å². The normalized spacial score (nSPS) is 12.7. The predicted molar refractivity (Wildman–Crippen MR) is 107 cm³/mol. The summed E-state index contributed by atoms with van der Waals surface area (Å²) in [5.74, 6) is -0.220. The van der Waals surface area contributed by atoms with Crippen LogP contribution in [-0.2, 0) is 21.4 Å². The third kappa shape index (κ3) is 5.02. The number of carbonyl (C=O) groups is 1. The van der Waals surface area contributed by atoms with Gasteiger partial charge in [-0.3, -0.25) is 4.79 Å². The van der Waals surface area contributed by atoms with Gasteiger partial charge >= 0.3 is 0 Å². The summed E-state index contributed by atoms with van der Waals surface area (Å²) in [5, 5.41) is 14.8. The lowest BCUT2D eigenvalue weighted by Crippen LogP contribution is -2.22. The zero-order valence-electron chi connectivity index (χ0n) is 14.4. The van der Waals surface area contributed by atoms with Crippen molar-refractivity contribution < 1.29 is 18.3 Å². The molecule has 1 unspecified atom stereocenters. The Morgan fingerprint density at radius 1 is 1.11 bits per heavy atom. The van der Waals surface area contributed by atoms with Gasteiger partial charge < -0.3 is 10.4 Å². The van der Waals surface area contributed by atoms with Crippen LogP contribution in [0.25, 0.3) is 0 Å². The van der Waals surface area contributed by atoms with Crippen LogP contribution in [0.4, 0.5) is 5.69 Å². The molecule has 27 heavy (non-hydrogen) atoms. The first kappa shape index (κ1) is 19.7. The quantitative estimate of drug-likeness (QED) is 0.544. The Hall–Kier alpha value is -2.04. The van der Waals surface area contributed by atoms with Crippen molar-refractivity contribution >= 4 is 44.3 Å². The number of rotatable bonds is 7. The molecule has 6 nitrogen and oxygen atoms in total. The molecule has 142 valence electrons. The minimum atomic E-state index is -3.67. The van der Waals surface area contributed by atoms with Crippen molar-refractivity contribution in [2.45, 2.75) is 24.5 Å². The molecule has 9 heteroatoms.